The van der Waals surface area contributed by atoms with Gasteiger partial charge in [0.05, 0.1) is 25.2 Å². The number of aliphatic hydroxyl groups is 2. The summed E-state index contributed by atoms with van der Waals surface area (Å²) >= 11 is 0. The van der Waals surface area contributed by atoms with Crippen molar-refractivity contribution in [2.24, 2.45) is 0 Å². The number of hydrogen-bond donors (Lipinski definition) is 3. The maximum absolute atomic E-state index is 13.2. The summed E-state index contributed by atoms with van der Waals surface area (Å²) in [6, 6.07) is -0.732. The third-order valence-corrected chi connectivity index (χ3v) is 12.9. The van der Waals surface area contributed by atoms with E-state index in [-0.39, 0.29) is 24.9 Å². The molecule has 0 spiro atoms. The minimum Gasteiger partial charge on any atom is -0.458 e. The number of ether oxygens (including phenoxy) is 1. The first kappa shape index (κ1) is 62.1. The van der Waals surface area contributed by atoms with Gasteiger partial charge in [0, 0.05) is 6.42 Å². The van der Waals surface area contributed by atoms with E-state index in [0.717, 1.165) is 57.8 Å². The molecule has 3 atom stereocenters. The summed E-state index contributed by atoms with van der Waals surface area (Å²) in [4.78, 5) is 26.1. The molecule has 0 aliphatic carbocycles. The molecule has 0 aliphatic heterocycles. The van der Waals surface area contributed by atoms with Gasteiger partial charge in [-0.3, -0.25) is 9.59 Å². The molecule has 0 radical (unpaired) electrons. The number of carbonyl (C=O) groups is 2. The van der Waals surface area contributed by atoms with Gasteiger partial charge in [-0.25, -0.2) is 0 Å². The van der Waals surface area contributed by atoms with Crippen LogP contribution in [0.3, 0.4) is 0 Å². The lowest BCUT2D eigenvalue weighted by atomic mass is 10.0. The van der Waals surface area contributed by atoms with E-state index in [1.165, 1.54) is 199 Å². The molecule has 0 aliphatic rings. The second kappa shape index (κ2) is 52.1. The van der Waals surface area contributed by atoms with Crippen molar-refractivity contribution in [1.82, 2.24) is 5.32 Å². The number of rotatable bonds is 51. The SMILES string of the molecule is CCCCCCCC/C=C\C/C=C/C(CC(=O)NC(CO)C(O)CCCCCCCCCCCCCCCCCC)OC(=O)CCCCCCC/C=C/CCCCCCCCCCC. The van der Waals surface area contributed by atoms with Gasteiger partial charge in [0.1, 0.15) is 6.10 Å². The Balaban J connectivity index is 4.52. The minimum atomic E-state index is -0.811. The molecule has 0 saturated heterocycles. The van der Waals surface area contributed by atoms with E-state index < -0.39 is 18.2 Å². The molecule has 0 aromatic rings. The summed E-state index contributed by atoms with van der Waals surface area (Å²) in [6.45, 7) is 6.47. The zero-order chi connectivity index (χ0) is 46.7. The van der Waals surface area contributed by atoms with E-state index in [4.69, 9.17) is 4.74 Å². The van der Waals surface area contributed by atoms with Gasteiger partial charge in [-0.05, 0) is 63.9 Å². The van der Waals surface area contributed by atoms with Crippen LogP contribution in [0.1, 0.15) is 297 Å². The number of esters is 1. The third-order valence-electron chi connectivity index (χ3n) is 12.9. The summed E-state index contributed by atoms with van der Waals surface area (Å²) in [7, 11) is 0. The van der Waals surface area contributed by atoms with Gasteiger partial charge in [-0.1, -0.05) is 257 Å². The first-order valence-electron chi connectivity index (χ1n) is 28.2. The number of carbonyl (C=O) groups excluding carboxylic acids is 2. The topological polar surface area (TPSA) is 95.9 Å². The normalized spacial score (nSPS) is 13.4. The molecule has 6 heteroatoms. The van der Waals surface area contributed by atoms with Gasteiger partial charge in [-0.2, -0.15) is 0 Å². The van der Waals surface area contributed by atoms with Gasteiger partial charge in [-0.15, -0.1) is 0 Å². The van der Waals surface area contributed by atoms with Crippen molar-refractivity contribution >= 4 is 11.9 Å². The fourth-order valence-electron chi connectivity index (χ4n) is 8.63. The monoisotopic (exact) mass is 900 g/mol. The molecule has 3 unspecified atom stereocenters. The Labute approximate surface area is 398 Å². The van der Waals surface area contributed by atoms with Gasteiger partial charge >= 0.3 is 5.97 Å². The average Bonchev–Trinajstić information content (AvgIpc) is 3.29. The lowest BCUT2D eigenvalue weighted by molar-refractivity contribution is -0.148. The largest absolute Gasteiger partial charge is 0.458 e. The van der Waals surface area contributed by atoms with Gasteiger partial charge < -0.3 is 20.3 Å². The molecule has 0 fully saturated rings. The lowest BCUT2D eigenvalue weighted by Crippen LogP contribution is -2.46. The molecule has 0 bridgehead atoms. The first-order chi connectivity index (χ1) is 31.5. The Morgan fingerprint density at radius 3 is 1.23 bits per heavy atom. The molecular formula is C58H109NO5. The van der Waals surface area contributed by atoms with Crippen LogP contribution in [0.2, 0.25) is 0 Å². The minimum absolute atomic E-state index is 0.0291. The van der Waals surface area contributed by atoms with Crippen LogP contribution < -0.4 is 5.32 Å². The van der Waals surface area contributed by atoms with Crippen molar-refractivity contribution in [3.05, 3.63) is 36.5 Å². The zero-order valence-corrected chi connectivity index (χ0v) is 42.9. The van der Waals surface area contributed by atoms with Crippen LogP contribution in [0.5, 0.6) is 0 Å². The molecule has 0 saturated carbocycles. The molecule has 1 amide bonds. The maximum Gasteiger partial charge on any atom is 0.306 e. The van der Waals surface area contributed by atoms with E-state index in [0.29, 0.717) is 12.8 Å². The van der Waals surface area contributed by atoms with Crippen molar-refractivity contribution < 1.29 is 24.5 Å². The van der Waals surface area contributed by atoms with Crippen molar-refractivity contribution in [2.45, 2.75) is 315 Å². The highest BCUT2D eigenvalue weighted by Crippen LogP contribution is 2.17. The Hall–Kier alpha value is -1.92. The molecule has 0 aromatic heterocycles. The van der Waals surface area contributed by atoms with E-state index in [2.05, 4.69) is 50.4 Å². The molecule has 64 heavy (non-hydrogen) atoms. The van der Waals surface area contributed by atoms with Crippen LogP contribution in [0.15, 0.2) is 36.5 Å². The quantitative estimate of drug-likeness (QED) is 0.0321. The van der Waals surface area contributed by atoms with E-state index in [1.807, 2.05) is 12.2 Å². The van der Waals surface area contributed by atoms with E-state index in [1.54, 1.807) is 0 Å². The Bertz CT molecular complexity index is 1060. The first-order valence-corrected chi connectivity index (χ1v) is 28.2. The molecular weight excluding hydrogens is 791 g/mol. The molecule has 376 valence electrons. The predicted octanol–water partition coefficient (Wildman–Crippen LogP) is 17.2. The molecule has 6 nitrogen and oxygen atoms in total. The average molecular weight is 901 g/mol. The van der Waals surface area contributed by atoms with Crippen molar-refractivity contribution in [3.63, 3.8) is 0 Å². The summed E-state index contributed by atoms with van der Waals surface area (Å²) in [6.07, 6.45) is 62.5. The Morgan fingerprint density at radius 1 is 0.469 bits per heavy atom. The summed E-state index contributed by atoms with van der Waals surface area (Å²) in [5, 5.41) is 23.8. The van der Waals surface area contributed by atoms with E-state index in [9.17, 15) is 19.8 Å². The third kappa shape index (κ3) is 46.6. The second-order valence-corrected chi connectivity index (χ2v) is 19.3. The van der Waals surface area contributed by atoms with Crippen molar-refractivity contribution in [3.8, 4) is 0 Å². The fourth-order valence-corrected chi connectivity index (χ4v) is 8.63. The van der Waals surface area contributed by atoms with Gasteiger partial charge in [0.25, 0.3) is 0 Å². The van der Waals surface area contributed by atoms with Crippen LogP contribution in [0, 0.1) is 0 Å². The number of unbranched alkanes of at least 4 members (excludes halogenated alkanes) is 35. The molecule has 0 rings (SSSR count). The molecule has 0 aromatic carbocycles. The van der Waals surface area contributed by atoms with Crippen LogP contribution in [-0.2, 0) is 14.3 Å². The predicted molar refractivity (Wildman–Crippen MR) is 278 cm³/mol. The highest BCUT2D eigenvalue weighted by atomic mass is 16.5. The number of allylic oxidation sites excluding steroid dienone is 5. The van der Waals surface area contributed by atoms with Crippen LogP contribution in [0.4, 0.5) is 0 Å². The van der Waals surface area contributed by atoms with Crippen LogP contribution in [0.25, 0.3) is 0 Å². The van der Waals surface area contributed by atoms with Crippen molar-refractivity contribution in [2.75, 3.05) is 6.61 Å². The highest BCUT2D eigenvalue weighted by Gasteiger charge is 2.23. The zero-order valence-electron chi connectivity index (χ0n) is 42.9. The number of aliphatic hydroxyl groups excluding tert-OH is 2. The summed E-state index contributed by atoms with van der Waals surface area (Å²) in [5.74, 6) is -0.601. The number of hydrogen-bond acceptors (Lipinski definition) is 5. The lowest BCUT2D eigenvalue weighted by Gasteiger charge is -2.23. The molecule has 0 heterocycles. The van der Waals surface area contributed by atoms with Crippen LogP contribution >= 0.6 is 0 Å². The number of nitrogens with one attached hydrogen (secondary N) is 1. The Kier molecular flexibility index (Phi) is 50.5. The summed E-state index contributed by atoms with van der Waals surface area (Å²) in [5.41, 5.74) is 0. The smallest absolute Gasteiger partial charge is 0.306 e. The highest BCUT2D eigenvalue weighted by molar-refractivity contribution is 5.78. The van der Waals surface area contributed by atoms with Crippen molar-refractivity contribution in [1.29, 1.82) is 0 Å². The van der Waals surface area contributed by atoms with Gasteiger partial charge in [0.2, 0.25) is 5.91 Å². The summed E-state index contributed by atoms with van der Waals surface area (Å²) < 4.78 is 5.84. The second-order valence-electron chi connectivity index (χ2n) is 19.3. The fraction of sp³-hybridized carbons (Fsp3) is 0.862. The van der Waals surface area contributed by atoms with E-state index >= 15 is 0 Å². The number of amides is 1. The maximum atomic E-state index is 13.2. The molecule has 3 N–H and O–H groups in total. The standard InChI is InChI=1S/C58H109NO5/c1-4-7-10-13-16-19-22-24-26-28-29-31-33-36-39-42-45-48-51-58(63)64-54(49-46-43-40-37-34-21-18-15-12-9-6-3)52-57(62)59-55(53-60)56(61)50-47-44-41-38-35-32-30-27-25-23-20-17-14-11-8-5-2/h29,31,37,40,46,49,54-56,60-61H,4-28,30,32-36,38-39,41-45,47-48,50-53H2,1-3H3,(H,59,62)/b31-29+,40-37-,49-46+. The van der Waals surface area contributed by atoms with Crippen LogP contribution in [-0.4, -0.2) is 46.9 Å². The Morgan fingerprint density at radius 2 is 0.828 bits per heavy atom. The van der Waals surface area contributed by atoms with Gasteiger partial charge in [0.15, 0.2) is 0 Å².